The van der Waals surface area contributed by atoms with Gasteiger partial charge in [0.2, 0.25) is 11.9 Å². The third kappa shape index (κ3) is 5.83. The molecule has 0 radical (unpaired) electrons. The SMILES string of the molecule is [2H]c1c([2H])c([2H])c2c(c1[2H])c1c([2H])c([2H])c([2H])c([2H])c1n2-c1nc(-c2c(-n3c4c([2H])c([2H])c([2H])c([2H])c4c4c([2H])c([2H])c([2H])c([2H])c43)cccc2-n2c3c([2H])c([2H])c([2H])c([2H])c3c3c([2H])c([2H])c([2H])c([2H])c32)nc(-n2c3c([2H])c([2H])c([2H])c([2H])c3c3c([2H])c([2H])c([2H])c(-n4c5c([2H])c([2H])c([2H])c([2H])c5c5c([2H])c([2H])c([2H])c([2H])c54)c32)n1. The number of benzene rings is 11. The van der Waals surface area contributed by atoms with Crippen LogP contribution in [0.3, 0.4) is 0 Å². The van der Waals surface area contributed by atoms with E-state index in [9.17, 15) is 39.8 Å². The fourth-order valence-corrected chi connectivity index (χ4v) is 10.3. The largest absolute Gasteiger partial charge is 0.308 e. The molecule has 8 heteroatoms. The Morgan fingerprint density at radius 1 is 0.247 bits per heavy atom. The molecular weight excluding hydrogens is 941 g/mol. The van der Waals surface area contributed by atoms with Crippen LogP contribution in [0.4, 0.5) is 0 Å². The maximum Gasteiger partial charge on any atom is 0.240 e. The van der Waals surface area contributed by atoms with E-state index in [0.29, 0.717) is 13.7 Å². The number of fused-ring (bicyclic) bond motifs is 15. The molecule has 0 unspecified atom stereocenters. The minimum atomic E-state index is -1.19. The average Bonchev–Trinajstić information content (AvgIpc) is 1.52. The Hall–Kier alpha value is -10.6. The molecule has 6 aromatic heterocycles. The second kappa shape index (κ2) is 16.0. The molecule has 0 aliphatic carbocycles. The van der Waals surface area contributed by atoms with E-state index >= 15 is 0 Å². The van der Waals surface area contributed by atoms with Gasteiger partial charge >= 0.3 is 0 Å². The van der Waals surface area contributed by atoms with Crippen molar-refractivity contribution in [3.8, 4) is 40.3 Å². The first-order valence-corrected chi connectivity index (χ1v) is 22.9. The summed E-state index contributed by atoms with van der Waals surface area (Å²) in [6.45, 7) is 0. The number of nitrogens with zero attached hydrogens (tertiary/aromatic N) is 8. The van der Waals surface area contributed by atoms with E-state index in [1.54, 1.807) is 0 Å². The molecule has 11 aromatic carbocycles. The van der Waals surface area contributed by atoms with Crippen molar-refractivity contribution in [2.75, 3.05) is 0 Å². The van der Waals surface area contributed by atoms with Crippen LogP contribution in [0.1, 0.15) is 53.5 Å². The highest BCUT2D eigenvalue weighted by molar-refractivity contribution is 6.16. The summed E-state index contributed by atoms with van der Waals surface area (Å²) in [5.74, 6) is -3.41. The van der Waals surface area contributed by atoms with Crippen LogP contribution in [0, 0.1) is 0 Å². The molecule has 0 N–H and O–H groups in total. The summed E-state index contributed by atoms with van der Waals surface area (Å²) in [4.78, 5) is 15.1. The zero-order valence-corrected chi connectivity index (χ0v) is 38.3. The Morgan fingerprint density at radius 2 is 0.519 bits per heavy atom. The normalized spacial score (nSPS) is 19.2. The quantitative estimate of drug-likeness (QED) is 0.167. The predicted octanol–water partition coefficient (Wildman–Crippen LogP) is 17.0. The Balaban J connectivity index is 1.23. The van der Waals surface area contributed by atoms with Gasteiger partial charge in [-0.15, -0.1) is 0 Å². The Labute approximate surface area is 494 Å². The van der Waals surface area contributed by atoms with Gasteiger partial charge in [0.25, 0.3) is 0 Å². The van der Waals surface area contributed by atoms with Crippen LogP contribution in [0.5, 0.6) is 0 Å². The van der Waals surface area contributed by atoms with Crippen molar-refractivity contribution in [1.82, 2.24) is 37.8 Å². The average molecular weight is 1020 g/mol. The van der Waals surface area contributed by atoms with Gasteiger partial charge in [-0.05, 0) is 72.6 Å². The highest BCUT2D eigenvalue weighted by atomic mass is 15.3. The van der Waals surface area contributed by atoms with Crippen molar-refractivity contribution in [3.63, 3.8) is 0 Å². The van der Waals surface area contributed by atoms with E-state index in [2.05, 4.69) is 0 Å². The van der Waals surface area contributed by atoms with Crippen LogP contribution < -0.4 is 0 Å². The molecule has 0 atom stereocenters. The third-order valence-electron chi connectivity index (χ3n) is 13.3. The van der Waals surface area contributed by atoms with Crippen molar-refractivity contribution in [2.45, 2.75) is 0 Å². The topological polar surface area (TPSA) is 63.3 Å². The first-order chi connectivity index (χ1) is 54.4. The number of aromatic nitrogens is 8. The number of hydrogen-bond donors (Lipinski definition) is 0. The zero-order chi connectivity index (χ0) is 84.2. The van der Waals surface area contributed by atoms with Crippen LogP contribution >= 0.6 is 0 Å². The molecule has 17 aromatic rings. The molecule has 8 nitrogen and oxygen atoms in total. The lowest BCUT2D eigenvalue weighted by Gasteiger charge is -2.20. The van der Waals surface area contributed by atoms with Crippen molar-refractivity contribution >= 4 is 109 Å². The molecule has 0 saturated carbocycles. The lowest BCUT2D eigenvalue weighted by atomic mass is 10.1. The van der Waals surface area contributed by atoms with Gasteiger partial charge in [0.05, 0.1) is 131 Å². The van der Waals surface area contributed by atoms with Gasteiger partial charge in [0.1, 0.15) is 0 Å². The molecule has 0 bridgehead atoms. The van der Waals surface area contributed by atoms with Gasteiger partial charge in [0, 0.05) is 53.9 Å². The summed E-state index contributed by atoms with van der Waals surface area (Å²) >= 11 is 0. The van der Waals surface area contributed by atoms with Crippen LogP contribution in [-0.4, -0.2) is 37.8 Å². The summed E-state index contributed by atoms with van der Waals surface area (Å²) in [7, 11) is 0. The van der Waals surface area contributed by atoms with Crippen molar-refractivity contribution in [2.24, 2.45) is 0 Å². The lowest BCUT2D eigenvalue weighted by molar-refractivity contribution is 0.889. The number of rotatable bonds is 6. The minimum absolute atomic E-state index is 0.599. The second-order valence-electron chi connectivity index (χ2n) is 17.1. The van der Waals surface area contributed by atoms with Crippen LogP contribution in [0.15, 0.2) is 254 Å². The molecule has 77 heavy (non-hydrogen) atoms. The fraction of sp³-hybridized carbons (Fsp3) is 0. The monoisotopic (exact) mass is 1020 g/mol. The highest BCUT2D eigenvalue weighted by Crippen LogP contribution is 2.44. The van der Waals surface area contributed by atoms with Crippen molar-refractivity contribution in [3.05, 3.63) is 254 Å². The Morgan fingerprint density at radius 3 is 0.883 bits per heavy atom. The third-order valence-corrected chi connectivity index (χ3v) is 13.3. The van der Waals surface area contributed by atoms with Gasteiger partial charge in [-0.25, -0.2) is 0 Å². The van der Waals surface area contributed by atoms with Crippen molar-refractivity contribution in [1.29, 1.82) is 0 Å². The lowest BCUT2D eigenvalue weighted by Crippen LogP contribution is -2.13. The first kappa shape index (κ1) is 19.3. The van der Waals surface area contributed by atoms with Crippen LogP contribution in [0.25, 0.3) is 149 Å². The van der Waals surface area contributed by atoms with Gasteiger partial charge in [-0.2, -0.15) is 15.0 Å². The van der Waals surface area contributed by atoms with E-state index in [0.717, 1.165) is 27.3 Å². The molecule has 6 heterocycles. The predicted molar refractivity (Wildman–Crippen MR) is 317 cm³/mol. The number of para-hydroxylation sites is 10. The van der Waals surface area contributed by atoms with E-state index in [-0.39, 0.29) is 0 Å². The smallest absolute Gasteiger partial charge is 0.240 e. The van der Waals surface area contributed by atoms with E-state index in [4.69, 9.17) is 28.7 Å². The van der Waals surface area contributed by atoms with Gasteiger partial charge in [-0.1, -0.05) is 181 Å². The summed E-state index contributed by atoms with van der Waals surface area (Å²) < 4.78 is 371. The van der Waals surface area contributed by atoms with Gasteiger partial charge < -0.3 is 13.7 Å². The summed E-state index contributed by atoms with van der Waals surface area (Å²) in [6, 6.07) is -35.7. The Kier molecular flexibility index (Phi) is 4.00. The van der Waals surface area contributed by atoms with Gasteiger partial charge in [-0.3, -0.25) is 9.13 Å². The van der Waals surface area contributed by atoms with Crippen LogP contribution in [-0.2, 0) is 0 Å². The summed E-state index contributed by atoms with van der Waals surface area (Å²) in [5, 5.41) is -6.60. The highest BCUT2D eigenvalue weighted by Gasteiger charge is 2.28. The summed E-state index contributed by atoms with van der Waals surface area (Å²) in [6.07, 6.45) is 0. The maximum atomic E-state index is 10.2. The van der Waals surface area contributed by atoms with E-state index < -0.39 is 385 Å². The van der Waals surface area contributed by atoms with Gasteiger partial charge in [0.15, 0.2) is 5.82 Å². The zero-order valence-electron chi connectivity index (χ0n) is 77.3. The number of hydrogen-bond acceptors (Lipinski definition) is 3. The molecule has 0 fully saturated rings. The van der Waals surface area contributed by atoms with E-state index in [1.165, 1.54) is 0 Å². The molecule has 358 valence electrons. The molecule has 0 aliphatic heterocycles. The van der Waals surface area contributed by atoms with Crippen molar-refractivity contribution < 1.29 is 53.5 Å². The molecule has 0 amide bonds. The molecule has 17 rings (SSSR count). The molecule has 0 saturated heterocycles. The second-order valence-corrected chi connectivity index (χ2v) is 17.1. The summed E-state index contributed by atoms with van der Waals surface area (Å²) in [5.41, 5.74) is -10.8. The van der Waals surface area contributed by atoms with E-state index in [1.807, 2.05) is 0 Å². The standard InChI is InChI=1S/C69H42N8/c1-10-31-53-43(21-1)44-22-2-11-32-54(44)73(53)62-40-20-41-63(74-55-33-12-3-23-45(55)46-24-4-13-34-56(46)74)65(62)67-70-68(76-59-37-16-7-27-49(59)50-28-8-17-38-60(50)76)72-69(71-67)77-61-39-18-9-29-51(61)52-30-19-42-64(66(52)77)75-57-35-14-5-25-47(57)48-26-6-15-36-58(48)75/h1-42H/i1D,2D,3D,4D,5D,6D,7D,8D,9D,10D,11D,12D,13D,14D,15D,16D,17D,18D,19D,21D,22D,23D,24D,25D,26D,27D,28D,29D,30D,31D,32D,33D,34D,35D,36D,37D,38D,39D,42D. The minimum Gasteiger partial charge on any atom is -0.308 e. The first-order valence-electron chi connectivity index (χ1n) is 42.4. The van der Waals surface area contributed by atoms with Crippen LogP contribution in [0.2, 0.25) is 0 Å². The molecule has 0 spiro atoms. The maximum absolute atomic E-state index is 10.2. The molecule has 0 aliphatic rings. The fourth-order valence-electron chi connectivity index (χ4n) is 10.3. The molecular formula is C69H42N8. The Bertz CT molecular complexity index is 7210.